The molecule has 3 nitrogen and oxygen atoms in total. The molecule has 2 aromatic rings. The van der Waals surface area contributed by atoms with Crippen LogP contribution in [0, 0.1) is 6.92 Å². The maximum Gasteiger partial charge on any atom is 0.287 e. The lowest BCUT2D eigenvalue weighted by atomic mass is 10.2. The van der Waals surface area contributed by atoms with E-state index in [1.165, 1.54) is 0 Å². The largest absolute Gasteiger partial charge is 0.451 e. The Balaban J connectivity index is 2.08. The van der Waals surface area contributed by atoms with Crippen molar-refractivity contribution in [3.05, 3.63) is 35.6 Å². The first-order chi connectivity index (χ1) is 8.56. The number of furan rings is 1. The van der Waals surface area contributed by atoms with Crippen molar-refractivity contribution < 1.29 is 9.21 Å². The van der Waals surface area contributed by atoms with E-state index >= 15 is 0 Å². The van der Waals surface area contributed by atoms with Crippen molar-refractivity contribution in [2.24, 2.45) is 0 Å². The van der Waals surface area contributed by atoms with Crippen LogP contribution in [0.15, 0.2) is 28.7 Å². The predicted octanol–water partition coefficient (Wildman–Crippen LogP) is 3.49. The van der Waals surface area contributed by atoms with Gasteiger partial charge in [-0.1, -0.05) is 11.6 Å². The Morgan fingerprint density at radius 1 is 1.44 bits per heavy atom. The summed E-state index contributed by atoms with van der Waals surface area (Å²) in [5.41, 5.74) is 1.88. The van der Waals surface area contributed by atoms with E-state index in [4.69, 9.17) is 16.0 Å². The summed E-state index contributed by atoms with van der Waals surface area (Å²) in [5.74, 6) is 0.152. The number of benzene rings is 1. The molecule has 0 radical (unpaired) electrons. The molecule has 2 rings (SSSR count). The maximum absolute atomic E-state index is 11.8. The molecule has 1 N–H and O–H groups in total. The number of nitrogens with one attached hydrogen (secondary N) is 1. The Morgan fingerprint density at radius 2 is 2.22 bits per heavy atom. The van der Waals surface area contributed by atoms with E-state index in [1.54, 1.807) is 6.07 Å². The van der Waals surface area contributed by atoms with Gasteiger partial charge in [0, 0.05) is 17.3 Å². The Kier molecular flexibility index (Phi) is 3.92. The molecular weight excluding hydrogens is 250 g/mol. The average Bonchev–Trinajstić information content (AvgIpc) is 2.71. The molecule has 4 heteroatoms. The van der Waals surface area contributed by atoms with E-state index in [9.17, 15) is 4.79 Å². The third-order valence-corrected chi connectivity index (χ3v) is 2.94. The Hall–Kier alpha value is -1.48. The number of hydrogen-bond acceptors (Lipinski definition) is 2. The zero-order valence-electron chi connectivity index (χ0n) is 10.5. The van der Waals surface area contributed by atoms with E-state index in [0.29, 0.717) is 12.3 Å². The summed E-state index contributed by atoms with van der Waals surface area (Å²) >= 11 is 5.81. The number of fused-ring (bicyclic) bond motifs is 1. The van der Waals surface area contributed by atoms with Crippen LogP contribution in [-0.4, -0.2) is 17.8 Å². The summed E-state index contributed by atoms with van der Waals surface area (Å²) in [4.78, 5) is 11.8. The van der Waals surface area contributed by atoms with Gasteiger partial charge in [0.1, 0.15) is 5.58 Å². The summed E-state index contributed by atoms with van der Waals surface area (Å²) in [6, 6.07) is 7.60. The molecule has 0 saturated carbocycles. The van der Waals surface area contributed by atoms with Gasteiger partial charge in [-0.3, -0.25) is 4.79 Å². The van der Waals surface area contributed by atoms with Gasteiger partial charge in [-0.25, -0.2) is 0 Å². The van der Waals surface area contributed by atoms with Gasteiger partial charge >= 0.3 is 0 Å². The number of amides is 1. The lowest BCUT2D eigenvalue weighted by Crippen LogP contribution is -2.25. The highest BCUT2D eigenvalue weighted by molar-refractivity contribution is 6.20. The van der Waals surface area contributed by atoms with Crippen LogP contribution < -0.4 is 5.32 Å². The smallest absolute Gasteiger partial charge is 0.287 e. The van der Waals surface area contributed by atoms with E-state index in [0.717, 1.165) is 23.0 Å². The molecule has 0 fully saturated rings. The van der Waals surface area contributed by atoms with Gasteiger partial charge in [0.15, 0.2) is 5.76 Å². The normalized spacial score (nSPS) is 12.6. The number of rotatable bonds is 4. The van der Waals surface area contributed by atoms with Crippen LogP contribution in [0.3, 0.4) is 0 Å². The van der Waals surface area contributed by atoms with E-state index in [-0.39, 0.29) is 11.3 Å². The fourth-order valence-corrected chi connectivity index (χ4v) is 1.86. The third kappa shape index (κ3) is 3.05. The van der Waals surface area contributed by atoms with Crippen LogP contribution in [-0.2, 0) is 0 Å². The zero-order valence-corrected chi connectivity index (χ0v) is 11.3. The first kappa shape index (κ1) is 13.0. The molecule has 1 atom stereocenters. The van der Waals surface area contributed by atoms with Crippen molar-refractivity contribution in [3.63, 3.8) is 0 Å². The second-order valence-corrected chi connectivity index (χ2v) is 5.22. The summed E-state index contributed by atoms with van der Waals surface area (Å²) in [6.07, 6.45) is 0.743. The van der Waals surface area contributed by atoms with Crippen molar-refractivity contribution >= 4 is 28.5 Å². The van der Waals surface area contributed by atoms with Gasteiger partial charge < -0.3 is 9.73 Å². The van der Waals surface area contributed by atoms with Crippen LogP contribution in [0.2, 0.25) is 0 Å². The van der Waals surface area contributed by atoms with Crippen LogP contribution >= 0.6 is 11.6 Å². The summed E-state index contributed by atoms with van der Waals surface area (Å²) < 4.78 is 5.50. The van der Waals surface area contributed by atoms with Gasteiger partial charge in [-0.05, 0) is 38.5 Å². The molecule has 0 bridgehead atoms. The SMILES string of the molecule is Cc1ccc2oc(C(=O)NCCC(C)Cl)cc2c1. The molecule has 18 heavy (non-hydrogen) atoms. The second kappa shape index (κ2) is 5.44. The highest BCUT2D eigenvalue weighted by atomic mass is 35.5. The standard InChI is InChI=1S/C14H16ClNO2/c1-9-3-4-12-11(7-9)8-13(18-12)14(17)16-6-5-10(2)15/h3-4,7-8,10H,5-6H2,1-2H3,(H,16,17). The third-order valence-electron chi connectivity index (χ3n) is 2.72. The highest BCUT2D eigenvalue weighted by Gasteiger charge is 2.11. The minimum absolute atomic E-state index is 0.0589. The number of halogens is 1. The number of aryl methyl sites for hydroxylation is 1. The summed E-state index contributed by atoms with van der Waals surface area (Å²) in [7, 11) is 0. The highest BCUT2D eigenvalue weighted by Crippen LogP contribution is 2.20. The molecule has 0 aliphatic carbocycles. The van der Waals surface area contributed by atoms with Gasteiger partial charge in [-0.15, -0.1) is 11.6 Å². The first-order valence-electron chi connectivity index (χ1n) is 5.99. The molecule has 1 unspecified atom stereocenters. The Bertz CT molecular complexity index is 560. The van der Waals surface area contributed by atoms with Gasteiger partial charge in [-0.2, -0.15) is 0 Å². The van der Waals surface area contributed by atoms with Crippen LogP contribution in [0.25, 0.3) is 11.0 Å². The summed E-state index contributed by atoms with van der Waals surface area (Å²) in [6.45, 7) is 4.46. The molecule has 1 heterocycles. The molecule has 1 aromatic carbocycles. The zero-order chi connectivity index (χ0) is 13.1. The fraction of sp³-hybridized carbons (Fsp3) is 0.357. The number of carbonyl (C=O) groups excluding carboxylic acids is 1. The summed E-state index contributed by atoms with van der Waals surface area (Å²) in [5, 5.41) is 3.80. The lowest BCUT2D eigenvalue weighted by molar-refractivity contribution is 0.0928. The fourth-order valence-electron chi connectivity index (χ4n) is 1.75. The minimum Gasteiger partial charge on any atom is -0.451 e. The van der Waals surface area contributed by atoms with E-state index < -0.39 is 0 Å². The monoisotopic (exact) mass is 265 g/mol. The number of carbonyl (C=O) groups is 1. The first-order valence-corrected chi connectivity index (χ1v) is 6.42. The second-order valence-electron chi connectivity index (χ2n) is 4.48. The van der Waals surface area contributed by atoms with Gasteiger partial charge in [0.05, 0.1) is 0 Å². The molecule has 1 amide bonds. The van der Waals surface area contributed by atoms with Crippen LogP contribution in [0.1, 0.15) is 29.5 Å². The van der Waals surface area contributed by atoms with Crippen molar-refractivity contribution in [2.45, 2.75) is 25.6 Å². The Morgan fingerprint density at radius 3 is 2.94 bits per heavy atom. The van der Waals surface area contributed by atoms with E-state index in [2.05, 4.69) is 5.32 Å². The minimum atomic E-state index is -0.193. The lowest BCUT2D eigenvalue weighted by Gasteiger charge is -2.03. The molecule has 0 saturated heterocycles. The van der Waals surface area contributed by atoms with Crippen molar-refractivity contribution in [2.75, 3.05) is 6.54 Å². The molecular formula is C14H16ClNO2. The molecule has 1 aromatic heterocycles. The van der Waals surface area contributed by atoms with Crippen LogP contribution in [0.5, 0.6) is 0 Å². The number of alkyl halides is 1. The van der Waals surface area contributed by atoms with Gasteiger partial charge in [0.25, 0.3) is 5.91 Å². The molecule has 96 valence electrons. The Labute approximate surface area is 111 Å². The van der Waals surface area contributed by atoms with Crippen molar-refractivity contribution in [3.8, 4) is 0 Å². The average molecular weight is 266 g/mol. The van der Waals surface area contributed by atoms with E-state index in [1.807, 2.05) is 32.0 Å². The van der Waals surface area contributed by atoms with Crippen molar-refractivity contribution in [1.29, 1.82) is 0 Å². The number of hydrogen-bond donors (Lipinski definition) is 1. The van der Waals surface area contributed by atoms with Crippen LogP contribution in [0.4, 0.5) is 0 Å². The molecule has 0 spiro atoms. The quantitative estimate of drug-likeness (QED) is 0.860. The topological polar surface area (TPSA) is 42.2 Å². The predicted molar refractivity (Wildman–Crippen MR) is 73.2 cm³/mol. The molecule has 0 aliphatic rings. The van der Waals surface area contributed by atoms with Gasteiger partial charge in [0.2, 0.25) is 0 Å². The maximum atomic E-state index is 11.8. The molecule has 0 aliphatic heterocycles. The van der Waals surface area contributed by atoms with Crippen molar-refractivity contribution in [1.82, 2.24) is 5.32 Å².